The molecule has 0 bridgehead atoms. The van der Waals surface area contributed by atoms with Crippen LogP contribution < -0.4 is 0 Å². The van der Waals surface area contributed by atoms with Crippen molar-refractivity contribution in [2.45, 2.75) is 38.3 Å². The highest BCUT2D eigenvalue weighted by Gasteiger charge is 2.31. The van der Waals surface area contributed by atoms with Gasteiger partial charge in [0.2, 0.25) is 0 Å². The molecule has 0 spiro atoms. The Morgan fingerprint density at radius 2 is 2.09 bits per heavy atom. The average molecular weight is 352 g/mol. The molecule has 1 atom stereocenters. The molecule has 1 unspecified atom stereocenters. The molecule has 1 fully saturated rings. The lowest BCUT2D eigenvalue weighted by Gasteiger charge is -2.35. The van der Waals surface area contributed by atoms with Gasteiger partial charge in [0.05, 0.1) is 5.88 Å². The predicted molar refractivity (Wildman–Crippen MR) is 90.7 cm³/mol. The van der Waals surface area contributed by atoms with Gasteiger partial charge in [0.25, 0.3) is 0 Å². The molecule has 1 aliphatic rings. The summed E-state index contributed by atoms with van der Waals surface area (Å²) < 4.78 is 11.0. The Morgan fingerprint density at radius 1 is 1.35 bits per heavy atom. The van der Waals surface area contributed by atoms with Crippen molar-refractivity contribution in [2.75, 3.05) is 5.88 Å². The number of hydrogen-bond donors (Lipinski definition) is 0. The lowest BCUT2D eigenvalue weighted by Crippen LogP contribution is -2.39. The number of hydrogen-bond acceptors (Lipinski definition) is 5. The van der Waals surface area contributed by atoms with E-state index in [0.29, 0.717) is 12.8 Å². The number of alkyl halides is 1. The third kappa shape index (κ3) is 4.18. The zero-order chi connectivity index (χ0) is 16.2. The number of benzene rings is 1. The second-order valence-electron chi connectivity index (χ2n) is 5.51. The monoisotopic (exact) mass is 351 g/mol. The second-order valence-corrected chi connectivity index (χ2v) is 6.84. The molecule has 2 heterocycles. The molecule has 122 valence electrons. The van der Waals surface area contributed by atoms with E-state index in [1.54, 1.807) is 11.3 Å². The first-order valence-electron chi connectivity index (χ1n) is 7.55. The molecular weight excluding hydrogens is 334 g/mol. The molecule has 0 amide bonds. The van der Waals surface area contributed by atoms with Crippen molar-refractivity contribution in [3.05, 3.63) is 41.4 Å². The van der Waals surface area contributed by atoms with Crippen LogP contribution in [0.1, 0.15) is 30.6 Å². The third-order valence-electron chi connectivity index (χ3n) is 3.73. The van der Waals surface area contributed by atoms with Crippen LogP contribution in [0.25, 0.3) is 10.6 Å². The molecule has 3 rings (SSSR count). The van der Waals surface area contributed by atoms with E-state index in [-0.39, 0.29) is 30.2 Å². The average Bonchev–Trinajstić information content (AvgIpc) is 3.03. The Bertz CT molecular complexity index is 655. The largest absolute Gasteiger partial charge is 0.324 e. The maximum Gasteiger partial charge on any atom is 0.164 e. The Kier molecular flexibility index (Phi) is 5.43. The molecule has 1 aromatic carbocycles. The Balaban J connectivity index is 1.76. The Hall–Kier alpha value is -1.27. The van der Waals surface area contributed by atoms with Crippen LogP contribution in [0.15, 0.2) is 36.5 Å². The van der Waals surface area contributed by atoms with Crippen molar-refractivity contribution < 1.29 is 14.3 Å². The number of ether oxygens (including phenoxy) is 2. The van der Waals surface area contributed by atoms with Crippen molar-refractivity contribution in [3.63, 3.8) is 0 Å². The topological polar surface area (TPSA) is 48.4 Å². The molecule has 1 saturated heterocycles. The van der Waals surface area contributed by atoms with Crippen molar-refractivity contribution >= 4 is 28.7 Å². The summed E-state index contributed by atoms with van der Waals surface area (Å²) in [6.07, 6.45) is 2.47. The number of thiazole rings is 1. The summed E-state index contributed by atoms with van der Waals surface area (Å²) in [5, 5.41) is 0.952. The zero-order valence-electron chi connectivity index (χ0n) is 12.8. The van der Waals surface area contributed by atoms with Gasteiger partial charge in [0.15, 0.2) is 12.6 Å². The van der Waals surface area contributed by atoms with E-state index in [4.69, 9.17) is 21.1 Å². The van der Waals surface area contributed by atoms with Gasteiger partial charge >= 0.3 is 0 Å². The van der Waals surface area contributed by atoms with Gasteiger partial charge in [0.1, 0.15) is 10.8 Å². The van der Waals surface area contributed by atoms with Gasteiger partial charge in [-0.15, -0.1) is 22.9 Å². The van der Waals surface area contributed by atoms with E-state index < -0.39 is 0 Å². The summed E-state index contributed by atoms with van der Waals surface area (Å²) in [7, 11) is 0. The zero-order valence-corrected chi connectivity index (χ0v) is 14.3. The molecular formula is C17H18ClNO3S. The number of carbonyl (C=O) groups excluding carboxylic acids is 1. The number of aromatic nitrogens is 1. The van der Waals surface area contributed by atoms with Gasteiger partial charge in [-0.1, -0.05) is 30.3 Å². The van der Waals surface area contributed by atoms with Crippen molar-refractivity contribution in [3.8, 4) is 10.6 Å². The highest BCUT2D eigenvalue weighted by Crippen LogP contribution is 2.36. The second kappa shape index (κ2) is 7.53. The normalized spacial score (nSPS) is 21.7. The van der Waals surface area contributed by atoms with E-state index in [1.807, 2.05) is 43.5 Å². The lowest BCUT2D eigenvalue weighted by molar-refractivity contribution is -0.378. The molecule has 0 radical (unpaired) electrons. The fourth-order valence-corrected chi connectivity index (χ4v) is 3.74. The summed E-state index contributed by atoms with van der Waals surface area (Å²) in [6, 6.07) is 10.0. The molecule has 2 aromatic rings. The van der Waals surface area contributed by atoms with E-state index in [9.17, 15) is 4.79 Å². The number of halogens is 1. The molecule has 0 saturated carbocycles. The smallest absolute Gasteiger partial charge is 0.164 e. The quantitative estimate of drug-likeness (QED) is 0.701. The fraction of sp³-hybridized carbons (Fsp3) is 0.412. The summed E-state index contributed by atoms with van der Waals surface area (Å²) >= 11 is 7.27. The van der Waals surface area contributed by atoms with Crippen LogP contribution in [0.3, 0.4) is 0 Å². The van der Waals surface area contributed by atoms with Gasteiger partial charge in [-0.05, 0) is 6.92 Å². The first-order chi connectivity index (χ1) is 11.2. The van der Waals surface area contributed by atoms with Crippen LogP contribution in [0.5, 0.6) is 0 Å². The first-order valence-corrected chi connectivity index (χ1v) is 8.90. The minimum absolute atomic E-state index is 0.0220. The molecule has 0 N–H and O–H groups in total. The van der Waals surface area contributed by atoms with Crippen LogP contribution in [0.2, 0.25) is 0 Å². The van der Waals surface area contributed by atoms with Gasteiger partial charge in [0, 0.05) is 35.4 Å². The van der Waals surface area contributed by atoms with E-state index >= 15 is 0 Å². The molecule has 23 heavy (non-hydrogen) atoms. The lowest BCUT2D eigenvalue weighted by atomic mass is 9.97. The Morgan fingerprint density at radius 3 is 2.74 bits per heavy atom. The highest BCUT2D eigenvalue weighted by atomic mass is 35.5. The fourth-order valence-electron chi connectivity index (χ4n) is 2.60. The van der Waals surface area contributed by atoms with Crippen LogP contribution in [0.4, 0.5) is 0 Å². The Labute approximate surface area is 144 Å². The summed E-state index contributed by atoms with van der Waals surface area (Å²) in [4.78, 5) is 17.4. The minimum atomic E-state index is -0.250. The van der Waals surface area contributed by atoms with Crippen molar-refractivity contribution in [1.82, 2.24) is 4.98 Å². The van der Waals surface area contributed by atoms with Crippen molar-refractivity contribution in [1.29, 1.82) is 0 Å². The maximum absolute atomic E-state index is 11.8. The van der Waals surface area contributed by atoms with E-state index in [2.05, 4.69) is 4.98 Å². The number of carbonyl (C=O) groups is 1. The summed E-state index contributed by atoms with van der Waals surface area (Å²) in [5.41, 5.74) is 1.08. The van der Waals surface area contributed by atoms with Gasteiger partial charge in [-0.2, -0.15) is 0 Å². The van der Waals surface area contributed by atoms with Crippen LogP contribution in [-0.2, 0) is 14.3 Å². The standard InChI is InChI=1S/C17H18ClNO3S/c1-11-21-16(22-11)8-13(7-14(20)9-18)15-10-19-17(23-15)12-5-3-2-4-6-12/h2-6,10-11,13,16H,7-9H2,1H3. The maximum atomic E-state index is 11.8. The molecule has 1 aromatic heterocycles. The summed E-state index contributed by atoms with van der Waals surface area (Å²) in [5.74, 6) is 0.0799. The molecule has 4 nitrogen and oxygen atoms in total. The molecule has 0 aliphatic carbocycles. The number of rotatable bonds is 7. The number of ketones is 1. The molecule has 1 aliphatic heterocycles. The van der Waals surface area contributed by atoms with E-state index in [0.717, 1.165) is 15.4 Å². The van der Waals surface area contributed by atoms with Crippen LogP contribution >= 0.6 is 22.9 Å². The van der Waals surface area contributed by atoms with Gasteiger partial charge in [-0.25, -0.2) is 4.98 Å². The van der Waals surface area contributed by atoms with Gasteiger partial charge in [-0.3, -0.25) is 4.79 Å². The minimum Gasteiger partial charge on any atom is -0.324 e. The predicted octanol–water partition coefficient (Wildman–Crippen LogP) is 4.20. The first kappa shape index (κ1) is 16.6. The SMILES string of the molecule is CC1OC(CC(CC(=O)CCl)c2cnc(-c3ccccc3)s2)O1. The van der Waals surface area contributed by atoms with Crippen molar-refractivity contribution in [2.24, 2.45) is 0 Å². The van der Waals surface area contributed by atoms with Gasteiger partial charge < -0.3 is 9.47 Å². The van der Waals surface area contributed by atoms with Crippen LogP contribution in [-0.4, -0.2) is 29.2 Å². The van der Waals surface area contributed by atoms with Crippen LogP contribution in [0, 0.1) is 0 Å². The highest BCUT2D eigenvalue weighted by molar-refractivity contribution is 7.15. The summed E-state index contributed by atoms with van der Waals surface area (Å²) in [6.45, 7) is 1.86. The number of Topliss-reactive ketones (excluding diaryl/α,β-unsaturated/α-hetero) is 1. The molecule has 6 heteroatoms. The number of nitrogens with zero attached hydrogens (tertiary/aromatic N) is 1. The van der Waals surface area contributed by atoms with E-state index in [1.165, 1.54) is 0 Å². The third-order valence-corrected chi connectivity index (χ3v) is 5.24.